The summed E-state index contributed by atoms with van der Waals surface area (Å²) in [5.74, 6) is 0.0589. The maximum absolute atomic E-state index is 12.1. The largest absolute Gasteiger partial charge is 0.286 e. The third-order valence-corrected chi connectivity index (χ3v) is 4.70. The van der Waals surface area contributed by atoms with Crippen molar-refractivity contribution in [3.05, 3.63) is 71.8 Å². The second-order valence-electron chi connectivity index (χ2n) is 6.32. The van der Waals surface area contributed by atoms with Gasteiger partial charge in [0.25, 0.3) is 0 Å². The third-order valence-electron chi connectivity index (χ3n) is 4.70. The molecular formula is C20H23NO2. The molecule has 2 aromatic carbocycles. The Hall–Kier alpha value is -2.13. The molecule has 1 aliphatic heterocycles. The number of hydrogen-bond donors (Lipinski definition) is 1. The zero-order valence-electron chi connectivity index (χ0n) is 13.3. The fourth-order valence-electron chi connectivity index (χ4n) is 3.43. The first kappa shape index (κ1) is 15.8. The summed E-state index contributed by atoms with van der Waals surface area (Å²) in [6.07, 6.45) is 4.02. The Balaban J connectivity index is 1.60. The molecule has 0 bridgehead atoms. The molecule has 1 fully saturated rings. The van der Waals surface area contributed by atoms with Gasteiger partial charge in [-0.25, -0.2) is 5.06 Å². The average Bonchev–Trinajstić information content (AvgIpc) is 2.60. The van der Waals surface area contributed by atoms with E-state index in [2.05, 4.69) is 24.3 Å². The van der Waals surface area contributed by atoms with Crippen LogP contribution in [-0.4, -0.2) is 22.2 Å². The normalized spacial score (nSPS) is 21.4. The van der Waals surface area contributed by atoms with E-state index in [1.165, 1.54) is 11.1 Å². The van der Waals surface area contributed by atoms with Gasteiger partial charge < -0.3 is 0 Å². The maximum Gasteiger partial charge on any atom is 0.246 e. The fraction of sp³-hybridized carbons (Fsp3) is 0.350. The number of carbonyl (C=O) groups excluding carboxylic acids is 1. The van der Waals surface area contributed by atoms with Crippen molar-refractivity contribution < 1.29 is 10.0 Å². The Labute approximate surface area is 137 Å². The number of hydroxylamine groups is 2. The molecule has 0 radical (unpaired) electrons. The van der Waals surface area contributed by atoms with Crippen molar-refractivity contribution in [3.8, 4) is 0 Å². The Morgan fingerprint density at radius 3 is 2.35 bits per heavy atom. The number of carbonyl (C=O) groups is 1. The van der Waals surface area contributed by atoms with Crippen LogP contribution in [0.5, 0.6) is 0 Å². The summed E-state index contributed by atoms with van der Waals surface area (Å²) in [6.45, 7) is 0. The highest BCUT2D eigenvalue weighted by Crippen LogP contribution is 2.33. The Kier molecular flexibility index (Phi) is 5.09. The quantitative estimate of drug-likeness (QED) is 0.842. The minimum Gasteiger partial charge on any atom is -0.286 e. The number of nitrogens with zero attached hydrogens (tertiary/aromatic N) is 1. The number of benzene rings is 2. The van der Waals surface area contributed by atoms with Crippen LogP contribution in [0.4, 0.5) is 0 Å². The lowest BCUT2D eigenvalue weighted by Crippen LogP contribution is -2.43. The lowest BCUT2D eigenvalue weighted by Gasteiger charge is -2.35. The minimum atomic E-state index is -0.158. The molecule has 1 N–H and O–H groups in total. The van der Waals surface area contributed by atoms with Gasteiger partial charge >= 0.3 is 0 Å². The van der Waals surface area contributed by atoms with Gasteiger partial charge in [-0.15, -0.1) is 0 Å². The summed E-state index contributed by atoms with van der Waals surface area (Å²) in [5, 5.41) is 11.1. The standard InChI is InChI=1S/C20H23NO2/c22-20-15-18(17-11-5-2-6-12-17)14-19(21(20)23)13-7-10-16-8-3-1-4-9-16/h1-6,8-9,11-12,18-19,23H,7,10,13-15H2/t18-,19+/m1/s1. The predicted octanol–water partition coefficient (Wildman–Crippen LogP) is 4.17. The third kappa shape index (κ3) is 3.99. The van der Waals surface area contributed by atoms with Gasteiger partial charge in [0, 0.05) is 6.42 Å². The zero-order chi connectivity index (χ0) is 16.1. The van der Waals surface area contributed by atoms with Crippen molar-refractivity contribution in [1.82, 2.24) is 5.06 Å². The Bertz CT molecular complexity index is 627. The highest BCUT2D eigenvalue weighted by atomic mass is 16.5. The lowest BCUT2D eigenvalue weighted by molar-refractivity contribution is -0.184. The number of hydrogen-bond acceptors (Lipinski definition) is 2. The van der Waals surface area contributed by atoms with Gasteiger partial charge in [0.1, 0.15) is 0 Å². The van der Waals surface area contributed by atoms with Gasteiger partial charge in [0.05, 0.1) is 6.04 Å². The summed E-state index contributed by atoms with van der Waals surface area (Å²) in [6, 6.07) is 20.4. The van der Waals surface area contributed by atoms with Crippen molar-refractivity contribution in [2.75, 3.05) is 0 Å². The van der Waals surface area contributed by atoms with Crippen LogP contribution in [0, 0.1) is 0 Å². The van der Waals surface area contributed by atoms with E-state index in [0.29, 0.717) is 6.42 Å². The summed E-state index contributed by atoms with van der Waals surface area (Å²) >= 11 is 0. The van der Waals surface area contributed by atoms with E-state index < -0.39 is 0 Å². The van der Waals surface area contributed by atoms with E-state index in [0.717, 1.165) is 30.7 Å². The molecule has 0 aromatic heterocycles. The SMILES string of the molecule is O=C1C[C@H](c2ccccc2)C[C@H](CCCc2ccccc2)N1O. The topological polar surface area (TPSA) is 40.5 Å². The highest BCUT2D eigenvalue weighted by Gasteiger charge is 2.33. The molecule has 1 heterocycles. The predicted molar refractivity (Wildman–Crippen MR) is 90.2 cm³/mol. The van der Waals surface area contributed by atoms with E-state index in [-0.39, 0.29) is 17.9 Å². The van der Waals surface area contributed by atoms with E-state index in [9.17, 15) is 10.0 Å². The molecule has 3 rings (SSSR count). The highest BCUT2D eigenvalue weighted by molar-refractivity contribution is 5.77. The molecule has 2 atom stereocenters. The molecule has 0 saturated carbocycles. The summed E-state index contributed by atoms with van der Waals surface area (Å²) in [5.41, 5.74) is 2.50. The maximum atomic E-state index is 12.1. The first-order valence-electron chi connectivity index (χ1n) is 8.34. The number of aryl methyl sites for hydroxylation is 1. The summed E-state index contributed by atoms with van der Waals surface area (Å²) in [7, 11) is 0. The van der Waals surface area contributed by atoms with Crippen LogP contribution in [0.25, 0.3) is 0 Å². The van der Waals surface area contributed by atoms with E-state index in [4.69, 9.17) is 0 Å². The lowest BCUT2D eigenvalue weighted by atomic mass is 9.84. The van der Waals surface area contributed by atoms with Crippen molar-refractivity contribution in [2.45, 2.75) is 44.1 Å². The monoisotopic (exact) mass is 309 g/mol. The van der Waals surface area contributed by atoms with Crippen LogP contribution < -0.4 is 0 Å². The van der Waals surface area contributed by atoms with Gasteiger partial charge in [0.2, 0.25) is 5.91 Å². The first-order valence-corrected chi connectivity index (χ1v) is 8.34. The molecule has 0 aliphatic carbocycles. The van der Waals surface area contributed by atoms with Gasteiger partial charge in [-0.1, -0.05) is 60.7 Å². The van der Waals surface area contributed by atoms with Gasteiger partial charge in [-0.05, 0) is 42.7 Å². The molecule has 1 amide bonds. The molecule has 23 heavy (non-hydrogen) atoms. The van der Waals surface area contributed by atoms with Crippen molar-refractivity contribution in [3.63, 3.8) is 0 Å². The van der Waals surface area contributed by atoms with E-state index in [1.54, 1.807) is 0 Å². The van der Waals surface area contributed by atoms with Crippen LogP contribution >= 0.6 is 0 Å². The van der Waals surface area contributed by atoms with Crippen molar-refractivity contribution in [2.24, 2.45) is 0 Å². The molecule has 1 aliphatic rings. The van der Waals surface area contributed by atoms with Crippen molar-refractivity contribution in [1.29, 1.82) is 0 Å². The van der Waals surface area contributed by atoms with Crippen molar-refractivity contribution >= 4 is 5.91 Å². The van der Waals surface area contributed by atoms with Gasteiger partial charge in [0.15, 0.2) is 0 Å². The molecule has 0 spiro atoms. The molecule has 3 nitrogen and oxygen atoms in total. The summed E-state index contributed by atoms with van der Waals surface area (Å²) in [4.78, 5) is 12.1. The second-order valence-corrected chi connectivity index (χ2v) is 6.32. The van der Waals surface area contributed by atoms with Crippen LogP contribution in [0.1, 0.15) is 42.7 Å². The van der Waals surface area contributed by atoms with Crippen LogP contribution in [0.15, 0.2) is 60.7 Å². The van der Waals surface area contributed by atoms with Crippen LogP contribution in [-0.2, 0) is 11.2 Å². The molecule has 3 heteroatoms. The van der Waals surface area contributed by atoms with E-state index in [1.807, 2.05) is 36.4 Å². The smallest absolute Gasteiger partial charge is 0.246 e. The zero-order valence-corrected chi connectivity index (χ0v) is 13.3. The fourth-order valence-corrected chi connectivity index (χ4v) is 3.43. The molecule has 120 valence electrons. The molecule has 1 saturated heterocycles. The Morgan fingerprint density at radius 1 is 1.00 bits per heavy atom. The average molecular weight is 309 g/mol. The summed E-state index contributed by atoms with van der Waals surface area (Å²) < 4.78 is 0. The molecule has 2 aromatic rings. The number of piperidine rings is 1. The second kappa shape index (κ2) is 7.42. The first-order chi connectivity index (χ1) is 11.2. The minimum absolute atomic E-state index is 0.0785. The number of amides is 1. The van der Waals surface area contributed by atoms with Gasteiger partial charge in [-0.3, -0.25) is 10.0 Å². The number of rotatable bonds is 5. The van der Waals surface area contributed by atoms with E-state index >= 15 is 0 Å². The van der Waals surface area contributed by atoms with Crippen LogP contribution in [0.3, 0.4) is 0 Å². The molecule has 0 unspecified atom stereocenters. The van der Waals surface area contributed by atoms with Crippen LogP contribution in [0.2, 0.25) is 0 Å². The van der Waals surface area contributed by atoms with Gasteiger partial charge in [-0.2, -0.15) is 0 Å². The molecular weight excluding hydrogens is 286 g/mol. The Morgan fingerprint density at radius 2 is 1.65 bits per heavy atom.